The molecule has 0 aliphatic heterocycles. The Morgan fingerprint density at radius 1 is 1.19 bits per heavy atom. The summed E-state index contributed by atoms with van der Waals surface area (Å²) in [5.41, 5.74) is 3.22. The maximum atomic E-state index is 12.3. The van der Waals surface area contributed by atoms with Crippen LogP contribution >= 0.6 is 0 Å². The summed E-state index contributed by atoms with van der Waals surface area (Å²) < 4.78 is 7.53. The van der Waals surface area contributed by atoms with Gasteiger partial charge in [-0.15, -0.1) is 5.10 Å². The molecule has 3 aromatic rings. The number of ether oxygens (including phenoxy) is 1. The van der Waals surface area contributed by atoms with Gasteiger partial charge in [-0.1, -0.05) is 54.6 Å². The number of aromatic nitrogens is 3. The number of nitrogens with zero attached hydrogens (tertiary/aromatic N) is 3. The highest BCUT2D eigenvalue weighted by molar-refractivity contribution is 6.04. The van der Waals surface area contributed by atoms with E-state index in [1.807, 2.05) is 48.7 Å². The molecule has 0 fully saturated rings. The Morgan fingerprint density at radius 3 is 2.62 bits per heavy atom. The van der Waals surface area contributed by atoms with Crippen LogP contribution in [0.4, 0.5) is 5.69 Å². The number of aliphatic hydroxyl groups is 1. The molecule has 1 heterocycles. The number of allylic oxidation sites excluding steroid dienone is 1. The van der Waals surface area contributed by atoms with E-state index in [1.165, 1.54) is 0 Å². The number of hydrogen-bond donors (Lipinski definition) is 2. The molecule has 0 saturated heterocycles. The number of methoxy groups -OCH3 is 1. The van der Waals surface area contributed by atoms with Crippen molar-refractivity contribution in [1.29, 1.82) is 0 Å². The van der Waals surface area contributed by atoms with Crippen LogP contribution in [0.5, 0.6) is 0 Å². The van der Waals surface area contributed by atoms with E-state index in [4.69, 9.17) is 9.84 Å². The van der Waals surface area contributed by atoms with Crippen molar-refractivity contribution in [3.8, 4) is 0 Å². The van der Waals surface area contributed by atoms with Gasteiger partial charge in [-0.3, -0.25) is 9.48 Å². The van der Waals surface area contributed by atoms with Crippen LogP contribution in [0.3, 0.4) is 0 Å². The molecule has 0 bridgehead atoms. The van der Waals surface area contributed by atoms with E-state index < -0.39 is 0 Å². The zero-order valence-corrected chi connectivity index (χ0v) is 18.5. The van der Waals surface area contributed by atoms with E-state index in [1.54, 1.807) is 23.9 Å². The molecule has 32 heavy (non-hydrogen) atoms. The van der Waals surface area contributed by atoms with Crippen molar-refractivity contribution in [2.24, 2.45) is 5.92 Å². The van der Waals surface area contributed by atoms with Crippen molar-refractivity contribution >= 4 is 11.6 Å². The molecule has 2 atom stereocenters. The van der Waals surface area contributed by atoms with Crippen molar-refractivity contribution in [1.82, 2.24) is 15.0 Å². The third-order valence-corrected chi connectivity index (χ3v) is 5.18. The molecule has 0 aliphatic rings. The molecular formula is C25H30N4O3. The number of aliphatic hydroxyl groups excluding tert-OH is 1. The van der Waals surface area contributed by atoms with Crippen molar-refractivity contribution in [3.05, 3.63) is 89.8 Å². The summed E-state index contributed by atoms with van der Waals surface area (Å²) >= 11 is 0. The van der Waals surface area contributed by atoms with Gasteiger partial charge in [-0.05, 0) is 36.2 Å². The van der Waals surface area contributed by atoms with Crippen molar-refractivity contribution in [2.45, 2.75) is 32.4 Å². The Hall–Kier alpha value is -3.29. The van der Waals surface area contributed by atoms with Crippen LogP contribution in [-0.2, 0) is 17.7 Å². The minimum absolute atomic E-state index is 0.0783. The molecule has 0 aliphatic carbocycles. The number of aryl methyl sites for hydroxylation is 1. The van der Waals surface area contributed by atoms with Crippen molar-refractivity contribution < 1.29 is 14.6 Å². The van der Waals surface area contributed by atoms with Gasteiger partial charge in [0.05, 0.1) is 11.8 Å². The Kier molecular flexibility index (Phi) is 8.71. The molecule has 0 spiro atoms. The second kappa shape index (κ2) is 11.9. The summed E-state index contributed by atoms with van der Waals surface area (Å²) in [5, 5.41) is 20.0. The van der Waals surface area contributed by atoms with Gasteiger partial charge in [-0.2, -0.15) is 0 Å². The number of hydrogen-bond acceptors (Lipinski definition) is 5. The van der Waals surface area contributed by atoms with Crippen LogP contribution in [0, 0.1) is 5.92 Å². The van der Waals surface area contributed by atoms with Gasteiger partial charge in [0.15, 0.2) is 0 Å². The molecular weight excluding hydrogens is 404 g/mol. The number of rotatable bonds is 11. The highest BCUT2D eigenvalue weighted by Crippen LogP contribution is 2.27. The first-order valence-electron chi connectivity index (χ1n) is 10.8. The van der Waals surface area contributed by atoms with Crippen LogP contribution in [0.1, 0.15) is 41.1 Å². The normalized spacial score (nSPS) is 13.2. The molecule has 0 unspecified atom stereocenters. The predicted molar refractivity (Wildman–Crippen MR) is 124 cm³/mol. The summed E-state index contributed by atoms with van der Waals surface area (Å²) in [6.45, 7) is 2.93. The quantitative estimate of drug-likeness (QED) is 0.445. The first-order chi connectivity index (χ1) is 15.6. The molecule has 2 N–H and O–H groups in total. The molecule has 1 amide bonds. The molecule has 0 saturated carbocycles. The largest absolute Gasteiger partial charge is 0.396 e. The molecule has 7 nitrogen and oxygen atoms in total. The molecule has 3 rings (SSSR count). The molecule has 168 valence electrons. The monoisotopic (exact) mass is 434 g/mol. The summed E-state index contributed by atoms with van der Waals surface area (Å²) in [4.78, 5) is 12.3. The third kappa shape index (κ3) is 6.60. The summed E-state index contributed by atoms with van der Waals surface area (Å²) in [5.74, 6) is 0.0410. The minimum Gasteiger partial charge on any atom is -0.396 e. The van der Waals surface area contributed by atoms with E-state index in [2.05, 4.69) is 34.7 Å². The van der Waals surface area contributed by atoms with Gasteiger partial charge in [0.1, 0.15) is 0 Å². The molecule has 1 aromatic heterocycles. The standard InChI is InChI=1S/C25H30N4O3/c1-19(8-6-7-16-29-18-23(15-17-30)27-28-29)24(32-2)20-11-13-22(14-12-20)26-25(31)21-9-4-3-5-10-21/h3-6,8-14,18-19,24,30H,7,15-17H2,1-2H3,(H,26,31)/b8-6+/t19-,24+/m1/s1. The van der Waals surface area contributed by atoms with E-state index in [-0.39, 0.29) is 24.5 Å². The lowest BCUT2D eigenvalue weighted by Crippen LogP contribution is -2.13. The lowest BCUT2D eigenvalue weighted by Gasteiger charge is -2.21. The summed E-state index contributed by atoms with van der Waals surface area (Å²) in [6, 6.07) is 16.9. The molecule has 0 radical (unpaired) electrons. The second-order valence-corrected chi connectivity index (χ2v) is 7.62. The number of carbonyl (C=O) groups is 1. The van der Waals surface area contributed by atoms with Gasteiger partial charge in [0.2, 0.25) is 0 Å². The fourth-order valence-corrected chi connectivity index (χ4v) is 3.50. The average molecular weight is 435 g/mol. The number of anilines is 1. The Labute approximate surface area is 188 Å². The topological polar surface area (TPSA) is 89.3 Å². The van der Waals surface area contributed by atoms with Gasteiger partial charge < -0.3 is 15.2 Å². The number of amides is 1. The lowest BCUT2D eigenvalue weighted by atomic mass is 9.96. The fraction of sp³-hybridized carbons (Fsp3) is 0.320. The Balaban J connectivity index is 1.53. The average Bonchev–Trinajstić information content (AvgIpc) is 3.26. The number of benzene rings is 2. The van der Waals surface area contributed by atoms with Crippen LogP contribution < -0.4 is 5.32 Å². The van der Waals surface area contributed by atoms with Crippen LogP contribution in [-0.4, -0.2) is 39.7 Å². The zero-order chi connectivity index (χ0) is 22.8. The van der Waals surface area contributed by atoms with E-state index in [9.17, 15) is 4.79 Å². The maximum absolute atomic E-state index is 12.3. The van der Waals surface area contributed by atoms with Crippen molar-refractivity contribution in [3.63, 3.8) is 0 Å². The van der Waals surface area contributed by atoms with E-state index >= 15 is 0 Å². The highest BCUT2D eigenvalue weighted by atomic mass is 16.5. The van der Waals surface area contributed by atoms with E-state index in [0.717, 1.165) is 29.9 Å². The SMILES string of the molecule is CO[C@H](c1ccc(NC(=O)c2ccccc2)cc1)[C@H](C)/C=C/CCn1cc(CCO)nn1. The third-order valence-electron chi connectivity index (χ3n) is 5.18. The van der Waals surface area contributed by atoms with Crippen LogP contribution in [0.25, 0.3) is 0 Å². The van der Waals surface area contributed by atoms with E-state index in [0.29, 0.717) is 12.0 Å². The Bertz CT molecular complexity index is 1000. The number of carbonyl (C=O) groups excluding carboxylic acids is 1. The van der Waals surface area contributed by atoms with Gasteiger partial charge >= 0.3 is 0 Å². The Morgan fingerprint density at radius 2 is 1.94 bits per heavy atom. The lowest BCUT2D eigenvalue weighted by molar-refractivity contribution is 0.0741. The first kappa shape index (κ1) is 23.4. The van der Waals surface area contributed by atoms with Gasteiger partial charge in [-0.25, -0.2) is 0 Å². The van der Waals surface area contributed by atoms with Crippen LogP contribution in [0.15, 0.2) is 72.9 Å². The highest BCUT2D eigenvalue weighted by Gasteiger charge is 2.17. The summed E-state index contributed by atoms with van der Waals surface area (Å²) in [6.07, 6.45) is 7.39. The molecule has 2 aromatic carbocycles. The zero-order valence-electron chi connectivity index (χ0n) is 18.5. The summed E-state index contributed by atoms with van der Waals surface area (Å²) in [7, 11) is 1.71. The maximum Gasteiger partial charge on any atom is 0.255 e. The fourth-order valence-electron chi connectivity index (χ4n) is 3.50. The number of nitrogens with one attached hydrogen (secondary N) is 1. The van der Waals surface area contributed by atoms with Crippen molar-refractivity contribution in [2.75, 3.05) is 19.0 Å². The van der Waals surface area contributed by atoms with Gasteiger partial charge in [0, 0.05) is 50.0 Å². The van der Waals surface area contributed by atoms with Crippen LogP contribution in [0.2, 0.25) is 0 Å². The second-order valence-electron chi connectivity index (χ2n) is 7.62. The van der Waals surface area contributed by atoms with Gasteiger partial charge in [0.25, 0.3) is 5.91 Å². The predicted octanol–water partition coefficient (Wildman–Crippen LogP) is 4.04. The molecule has 7 heteroatoms. The smallest absolute Gasteiger partial charge is 0.255 e. The first-order valence-corrected chi connectivity index (χ1v) is 10.8. The minimum atomic E-state index is -0.131.